The topological polar surface area (TPSA) is 74.8 Å². The van der Waals surface area contributed by atoms with Crippen LogP contribution in [-0.2, 0) is 14.8 Å². The fourth-order valence-electron chi connectivity index (χ4n) is 4.37. The van der Waals surface area contributed by atoms with Crippen molar-refractivity contribution in [1.82, 2.24) is 4.31 Å². The highest BCUT2D eigenvalue weighted by Crippen LogP contribution is 2.32. The van der Waals surface area contributed by atoms with Gasteiger partial charge >= 0.3 is 0 Å². The van der Waals surface area contributed by atoms with Crippen molar-refractivity contribution in [3.05, 3.63) is 84.4 Å². The van der Waals surface area contributed by atoms with Gasteiger partial charge in [-0.2, -0.15) is 4.31 Å². The number of rotatable bonds is 6. The zero-order valence-electron chi connectivity index (χ0n) is 19.3. The predicted octanol–water partition coefficient (Wildman–Crippen LogP) is 4.62. The summed E-state index contributed by atoms with van der Waals surface area (Å²) < 4.78 is 27.5. The number of carbonyl (C=O) groups excluding carboxylic acids is 2. The van der Waals surface area contributed by atoms with E-state index in [1.807, 2.05) is 54.6 Å². The highest BCUT2D eigenvalue weighted by Gasteiger charge is 2.33. The van der Waals surface area contributed by atoms with Gasteiger partial charge in [-0.1, -0.05) is 60.7 Å². The van der Waals surface area contributed by atoms with Crippen molar-refractivity contribution in [1.29, 1.82) is 0 Å². The van der Waals surface area contributed by atoms with Gasteiger partial charge in [0.15, 0.2) is 5.78 Å². The number of ketones is 1. The molecule has 1 aliphatic rings. The molecule has 6 nitrogen and oxygen atoms in total. The number of hydrogen-bond donors (Lipinski definition) is 0. The van der Waals surface area contributed by atoms with Gasteiger partial charge in [-0.15, -0.1) is 0 Å². The first kappa shape index (κ1) is 23.9. The van der Waals surface area contributed by atoms with Crippen LogP contribution in [0.1, 0.15) is 30.1 Å². The summed E-state index contributed by atoms with van der Waals surface area (Å²) in [5.74, 6) is -0.368. The average molecular weight is 477 g/mol. The maximum Gasteiger partial charge on any atom is 0.243 e. The number of carbonyl (C=O) groups is 2. The van der Waals surface area contributed by atoms with Crippen LogP contribution in [0.5, 0.6) is 0 Å². The predicted molar refractivity (Wildman–Crippen MR) is 133 cm³/mol. The number of nitrogens with zero attached hydrogens (tertiary/aromatic N) is 2. The molecule has 176 valence electrons. The Morgan fingerprint density at radius 1 is 0.853 bits per heavy atom. The number of anilines is 1. The molecular weight excluding hydrogens is 448 g/mol. The minimum atomic E-state index is -3.67. The van der Waals surface area contributed by atoms with E-state index in [9.17, 15) is 18.0 Å². The lowest BCUT2D eigenvalue weighted by atomic mass is 9.95. The number of piperidine rings is 1. The molecule has 0 aromatic heterocycles. The third-order valence-electron chi connectivity index (χ3n) is 6.38. The SMILES string of the molecule is CC(=O)c1ccc(S(=O)(=O)N2CCC(C(=O)N(C)c3ccccc3-c3ccccc3)CC2)cc1. The zero-order chi connectivity index (χ0) is 24.3. The van der Waals surface area contributed by atoms with Crippen molar-refractivity contribution in [2.75, 3.05) is 25.0 Å². The van der Waals surface area contributed by atoms with Crippen molar-refractivity contribution < 1.29 is 18.0 Å². The average Bonchev–Trinajstić information content (AvgIpc) is 2.88. The Morgan fingerprint density at radius 2 is 1.44 bits per heavy atom. The molecule has 0 spiro atoms. The van der Waals surface area contributed by atoms with Crippen LogP contribution in [0, 0.1) is 5.92 Å². The number of para-hydroxylation sites is 1. The van der Waals surface area contributed by atoms with Gasteiger partial charge in [-0.05, 0) is 43.5 Å². The lowest BCUT2D eigenvalue weighted by molar-refractivity contribution is -0.123. The summed E-state index contributed by atoms with van der Waals surface area (Å²) in [7, 11) is -1.89. The van der Waals surface area contributed by atoms with Gasteiger partial charge in [-0.3, -0.25) is 9.59 Å². The molecule has 3 aromatic carbocycles. The molecule has 0 bridgehead atoms. The quantitative estimate of drug-likeness (QED) is 0.487. The molecule has 0 aliphatic carbocycles. The van der Waals surface area contributed by atoms with Crippen LogP contribution >= 0.6 is 0 Å². The van der Waals surface area contributed by atoms with Crippen molar-refractivity contribution in [2.24, 2.45) is 5.92 Å². The van der Waals surface area contributed by atoms with Crippen LogP contribution in [-0.4, -0.2) is 44.6 Å². The van der Waals surface area contributed by atoms with E-state index in [0.29, 0.717) is 18.4 Å². The molecule has 1 saturated heterocycles. The molecule has 3 aromatic rings. The van der Waals surface area contributed by atoms with Crippen LogP contribution in [0.3, 0.4) is 0 Å². The van der Waals surface area contributed by atoms with Crippen molar-refractivity contribution in [3.63, 3.8) is 0 Å². The molecule has 1 fully saturated rings. The maximum atomic E-state index is 13.3. The summed E-state index contributed by atoms with van der Waals surface area (Å²) >= 11 is 0. The molecule has 0 N–H and O–H groups in total. The van der Waals surface area contributed by atoms with Gasteiger partial charge in [-0.25, -0.2) is 8.42 Å². The van der Waals surface area contributed by atoms with E-state index in [0.717, 1.165) is 16.8 Å². The van der Waals surface area contributed by atoms with Gasteiger partial charge in [0, 0.05) is 37.2 Å². The van der Waals surface area contributed by atoms with Gasteiger partial charge in [0.1, 0.15) is 0 Å². The first-order valence-corrected chi connectivity index (χ1v) is 12.8. The van der Waals surface area contributed by atoms with Crippen molar-refractivity contribution in [3.8, 4) is 11.1 Å². The number of hydrogen-bond acceptors (Lipinski definition) is 4. The van der Waals surface area contributed by atoms with E-state index in [4.69, 9.17) is 0 Å². The van der Waals surface area contributed by atoms with Gasteiger partial charge in [0.2, 0.25) is 15.9 Å². The number of sulfonamides is 1. The summed E-state index contributed by atoms with van der Waals surface area (Å²) in [6, 6.07) is 23.7. The highest BCUT2D eigenvalue weighted by atomic mass is 32.2. The Kier molecular flexibility index (Phi) is 6.95. The second-order valence-corrected chi connectivity index (χ2v) is 10.5. The fraction of sp³-hybridized carbons (Fsp3) is 0.259. The third-order valence-corrected chi connectivity index (χ3v) is 8.30. The molecule has 1 amide bonds. The van der Waals surface area contributed by atoms with E-state index in [1.54, 1.807) is 11.9 Å². The standard InChI is InChI=1S/C27H28N2O4S/c1-20(30)21-12-14-24(15-13-21)34(32,33)29-18-16-23(17-19-29)27(31)28(2)26-11-7-6-10-25(26)22-8-4-3-5-9-22/h3-15,23H,16-19H2,1-2H3. The van der Waals surface area contributed by atoms with Crippen molar-refractivity contribution >= 4 is 27.4 Å². The first-order valence-electron chi connectivity index (χ1n) is 11.3. The van der Waals surface area contributed by atoms with Crippen molar-refractivity contribution in [2.45, 2.75) is 24.7 Å². The normalized spacial score (nSPS) is 15.1. The molecule has 0 radical (unpaired) electrons. The zero-order valence-corrected chi connectivity index (χ0v) is 20.2. The van der Waals surface area contributed by atoms with Gasteiger partial charge in [0.25, 0.3) is 0 Å². The van der Waals surface area contributed by atoms with E-state index >= 15 is 0 Å². The summed E-state index contributed by atoms with van der Waals surface area (Å²) in [5, 5.41) is 0. The minimum Gasteiger partial charge on any atom is -0.315 e. The van der Waals surface area contributed by atoms with Crippen LogP contribution in [0.2, 0.25) is 0 Å². The molecule has 0 unspecified atom stereocenters. The third kappa shape index (κ3) is 4.81. The second kappa shape index (κ2) is 9.91. The Labute approximate surface area is 200 Å². The Hall–Kier alpha value is -3.29. The Balaban J connectivity index is 1.46. The molecule has 4 rings (SSSR count). The monoisotopic (exact) mass is 476 g/mol. The molecule has 0 saturated carbocycles. The van der Waals surface area contributed by atoms with Gasteiger partial charge in [0.05, 0.1) is 10.6 Å². The summed E-state index contributed by atoms with van der Waals surface area (Å²) in [6.45, 7) is 2.00. The molecular formula is C27H28N2O4S. The fourth-order valence-corrected chi connectivity index (χ4v) is 5.84. The molecule has 1 aliphatic heterocycles. The van der Waals surface area contributed by atoms with E-state index in [1.165, 1.54) is 35.5 Å². The van der Waals surface area contributed by atoms with Crippen LogP contribution in [0.15, 0.2) is 83.8 Å². The van der Waals surface area contributed by atoms with Crippen LogP contribution in [0.25, 0.3) is 11.1 Å². The maximum absolute atomic E-state index is 13.3. The lowest BCUT2D eigenvalue weighted by Crippen LogP contribution is -2.43. The van der Waals surface area contributed by atoms with E-state index in [2.05, 4.69) is 0 Å². The Morgan fingerprint density at radius 3 is 2.06 bits per heavy atom. The number of Topliss-reactive ketones (excluding diaryl/α,β-unsaturated/α-hetero) is 1. The summed E-state index contributed by atoms with van der Waals surface area (Å²) in [4.78, 5) is 26.7. The van der Waals surface area contributed by atoms with E-state index in [-0.39, 0.29) is 35.6 Å². The molecule has 7 heteroatoms. The van der Waals surface area contributed by atoms with Crippen LogP contribution < -0.4 is 4.90 Å². The highest BCUT2D eigenvalue weighted by molar-refractivity contribution is 7.89. The first-order chi connectivity index (χ1) is 16.3. The lowest BCUT2D eigenvalue weighted by Gasteiger charge is -2.33. The number of benzene rings is 3. The Bertz CT molecular complexity index is 1280. The number of amides is 1. The molecule has 0 atom stereocenters. The van der Waals surface area contributed by atoms with Crippen LogP contribution in [0.4, 0.5) is 5.69 Å². The minimum absolute atomic E-state index is 0.00811. The molecule has 34 heavy (non-hydrogen) atoms. The smallest absolute Gasteiger partial charge is 0.243 e. The van der Waals surface area contributed by atoms with E-state index < -0.39 is 10.0 Å². The second-order valence-electron chi connectivity index (χ2n) is 8.54. The van der Waals surface area contributed by atoms with Gasteiger partial charge < -0.3 is 4.90 Å². The summed E-state index contributed by atoms with van der Waals surface area (Å²) in [5.41, 5.74) is 3.32. The summed E-state index contributed by atoms with van der Waals surface area (Å²) in [6.07, 6.45) is 0.920. The molecule has 1 heterocycles. The largest absolute Gasteiger partial charge is 0.315 e.